The van der Waals surface area contributed by atoms with Gasteiger partial charge in [-0.2, -0.15) is 0 Å². The number of halogens is 1. The Bertz CT molecular complexity index is 802. The molecule has 0 bridgehead atoms. The van der Waals surface area contributed by atoms with Crippen molar-refractivity contribution in [1.82, 2.24) is 0 Å². The largest absolute Gasteiger partial charge is 0.326 e. The topological polar surface area (TPSA) is 75.3 Å². The third kappa shape index (κ3) is 4.29. The summed E-state index contributed by atoms with van der Waals surface area (Å²) in [5.74, 6) is -1.11. The molecule has 2 N–H and O–H groups in total. The van der Waals surface area contributed by atoms with Gasteiger partial charge in [0.2, 0.25) is 5.91 Å². The van der Waals surface area contributed by atoms with E-state index >= 15 is 0 Å². The predicted molar refractivity (Wildman–Crippen MR) is 87.1 cm³/mol. The lowest BCUT2D eigenvalue weighted by molar-refractivity contribution is -0.118. The fourth-order valence-electron chi connectivity index (χ4n) is 1.78. The smallest absolute Gasteiger partial charge is 0.264 e. The lowest BCUT2D eigenvalue weighted by Crippen LogP contribution is -2.18. The molecule has 0 aliphatic carbocycles. The molecule has 122 valence electrons. The number of amides is 1. The van der Waals surface area contributed by atoms with E-state index in [-0.39, 0.29) is 17.5 Å². The van der Waals surface area contributed by atoms with Crippen LogP contribution in [0.2, 0.25) is 0 Å². The van der Waals surface area contributed by atoms with Gasteiger partial charge in [0.15, 0.2) is 0 Å². The lowest BCUT2D eigenvalue weighted by atomic mass is 10.2. The number of benzene rings is 2. The Morgan fingerprint density at radius 3 is 2.13 bits per heavy atom. The minimum Gasteiger partial charge on any atom is -0.326 e. The highest BCUT2D eigenvalue weighted by Gasteiger charge is 2.18. The zero-order valence-corrected chi connectivity index (χ0v) is 13.5. The normalized spacial score (nSPS) is 11.3. The molecule has 7 heteroatoms. The first-order valence-electron chi connectivity index (χ1n) is 6.98. The van der Waals surface area contributed by atoms with Crippen molar-refractivity contribution >= 4 is 27.3 Å². The highest BCUT2D eigenvalue weighted by atomic mass is 32.2. The van der Waals surface area contributed by atoms with Crippen LogP contribution < -0.4 is 10.0 Å². The number of hydrogen-bond donors (Lipinski definition) is 2. The van der Waals surface area contributed by atoms with E-state index in [4.69, 9.17) is 0 Å². The maximum absolute atomic E-state index is 13.6. The van der Waals surface area contributed by atoms with E-state index < -0.39 is 20.7 Å². The van der Waals surface area contributed by atoms with Crippen molar-refractivity contribution in [1.29, 1.82) is 0 Å². The van der Waals surface area contributed by atoms with E-state index in [0.717, 1.165) is 6.07 Å². The summed E-state index contributed by atoms with van der Waals surface area (Å²) >= 11 is 0. The summed E-state index contributed by atoms with van der Waals surface area (Å²) in [6.07, 6.45) is 0. The Labute approximate surface area is 134 Å². The Kier molecular flexibility index (Phi) is 5.00. The van der Waals surface area contributed by atoms with E-state index in [1.54, 1.807) is 26.0 Å². The van der Waals surface area contributed by atoms with E-state index in [1.165, 1.54) is 30.3 Å². The highest BCUT2D eigenvalue weighted by molar-refractivity contribution is 7.92. The van der Waals surface area contributed by atoms with Gasteiger partial charge in [-0.15, -0.1) is 0 Å². The number of hydrogen-bond acceptors (Lipinski definition) is 3. The molecule has 0 fully saturated rings. The van der Waals surface area contributed by atoms with Crippen molar-refractivity contribution in [3.05, 3.63) is 54.3 Å². The number of nitrogens with one attached hydrogen (secondary N) is 2. The van der Waals surface area contributed by atoms with Crippen molar-refractivity contribution < 1.29 is 17.6 Å². The summed E-state index contributed by atoms with van der Waals surface area (Å²) in [7, 11) is -4.01. The van der Waals surface area contributed by atoms with Gasteiger partial charge >= 0.3 is 0 Å². The molecular weight excluding hydrogens is 319 g/mol. The van der Waals surface area contributed by atoms with Gasteiger partial charge in [0.25, 0.3) is 10.0 Å². The molecule has 0 heterocycles. The number of carbonyl (C=O) groups is 1. The van der Waals surface area contributed by atoms with Crippen molar-refractivity contribution in [3.63, 3.8) is 0 Å². The molecule has 2 rings (SSSR count). The van der Waals surface area contributed by atoms with Crippen LogP contribution in [0.15, 0.2) is 53.4 Å². The molecule has 0 unspecified atom stereocenters. The van der Waals surface area contributed by atoms with Crippen LogP contribution in [0.4, 0.5) is 15.8 Å². The molecule has 0 saturated carbocycles. The molecule has 0 atom stereocenters. The zero-order chi connectivity index (χ0) is 17.0. The van der Waals surface area contributed by atoms with Gasteiger partial charge in [0, 0.05) is 17.3 Å². The highest BCUT2D eigenvalue weighted by Crippen LogP contribution is 2.20. The SMILES string of the molecule is CC(C)C(=O)Nc1ccc(NS(=O)(=O)c2ccccc2F)cc1. The van der Waals surface area contributed by atoms with Gasteiger partial charge in [-0.3, -0.25) is 9.52 Å². The van der Waals surface area contributed by atoms with Crippen molar-refractivity contribution in [2.75, 3.05) is 10.0 Å². The van der Waals surface area contributed by atoms with Crippen molar-refractivity contribution in [2.45, 2.75) is 18.7 Å². The zero-order valence-electron chi connectivity index (χ0n) is 12.7. The molecule has 2 aromatic carbocycles. The predicted octanol–water partition coefficient (Wildman–Crippen LogP) is 3.22. The van der Waals surface area contributed by atoms with Gasteiger partial charge in [-0.25, -0.2) is 12.8 Å². The molecule has 0 radical (unpaired) electrons. The minimum atomic E-state index is -4.01. The summed E-state index contributed by atoms with van der Waals surface area (Å²) < 4.78 is 40.2. The Morgan fingerprint density at radius 2 is 1.57 bits per heavy atom. The fraction of sp³-hybridized carbons (Fsp3) is 0.188. The third-order valence-electron chi connectivity index (χ3n) is 3.06. The maximum Gasteiger partial charge on any atom is 0.264 e. The second-order valence-electron chi connectivity index (χ2n) is 5.26. The summed E-state index contributed by atoms with van der Waals surface area (Å²) in [4.78, 5) is 11.2. The van der Waals surface area contributed by atoms with E-state index in [9.17, 15) is 17.6 Å². The molecule has 1 amide bonds. The number of anilines is 2. The van der Waals surface area contributed by atoms with Crippen LogP contribution >= 0.6 is 0 Å². The average molecular weight is 336 g/mol. The van der Waals surface area contributed by atoms with Crippen LogP contribution in [-0.2, 0) is 14.8 Å². The quantitative estimate of drug-likeness (QED) is 0.880. The summed E-state index contributed by atoms with van der Waals surface area (Å²) in [5.41, 5.74) is 0.827. The van der Waals surface area contributed by atoms with Gasteiger partial charge in [-0.1, -0.05) is 26.0 Å². The minimum absolute atomic E-state index is 0.135. The van der Waals surface area contributed by atoms with Gasteiger partial charge < -0.3 is 5.32 Å². The van der Waals surface area contributed by atoms with Gasteiger partial charge in [0.05, 0.1) is 0 Å². The summed E-state index contributed by atoms with van der Waals surface area (Å²) in [5, 5.41) is 2.70. The third-order valence-corrected chi connectivity index (χ3v) is 4.47. The van der Waals surface area contributed by atoms with Gasteiger partial charge in [-0.05, 0) is 36.4 Å². The summed E-state index contributed by atoms with van der Waals surface area (Å²) in [6, 6.07) is 11.3. The monoisotopic (exact) mass is 336 g/mol. The first-order chi connectivity index (χ1) is 10.8. The van der Waals surface area contributed by atoms with E-state index in [0.29, 0.717) is 5.69 Å². The van der Waals surface area contributed by atoms with Crippen LogP contribution in [0.1, 0.15) is 13.8 Å². The van der Waals surface area contributed by atoms with Crippen molar-refractivity contribution in [3.8, 4) is 0 Å². The van der Waals surface area contributed by atoms with E-state index in [2.05, 4.69) is 10.0 Å². The Balaban J connectivity index is 2.15. The Hall–Kier alpha value is -2.41. The second kappa shape index (κ2) is 6.78. The van der Waals surface area contributed by atoms with Crippen LogP contribution in [0, 0.1) is 11.7 Å². The molecular formula is C16H17FN2O3S. The second-order valence-corrected chi connectivity index (χ2v) is 6.91. The molecule has 0 aromatic heterocycles. The van der Waals surface area contributed by atoms with Crippen LogP contribution in [0.5, 0.6) is 0 Å². The van der Waals surface area contributed by atoms with Gasteiger partial charge in [0.1, 0.15) is 10.7 Å². The molecule has 23 heavy (non-hydrogen) atoms. The van der Waals surface area contributed by atoms with Crippen LogP contribution in [0.25, 0.3) is 0 Å². The molecule has 0 aliphatic rings. The molecule has 5 nitrogen and oxygen atoms in total. The van der Waals surface area contributed by atoms with Crippen LogP contribution in [-0.4, -0.2) is 14.3 Å². The van der Waals surface area contributed by atoms with Crippen molar-refractivity contribution in [2.24, 2.45) is 5.92 Å². The molecule has 0 saturated heterocycles. The maximum atomic E-state index is 13.6. The van der Waals surface area contributed by atoms with E-state index in [1.807, 2.05) is 0 Å². The first-order valence-corrected chi connectivity index (χ1v) is 8.46. The van der Waals surface area contributed by atoms with Crippen LogP contribution in [0.3, 0.4) is 0 Å². The molecule has 0 spiro atoms. The molecule has 0 aliphatic heterocycles. The lowest BCUT2D eigenvalue weighted by Gasteiger charge is -2.11. The average Bonchev–Trinajstić information content (AvgIpc) is 2.49. The molecule has 2 aromatic rings. The Morgan fingerprint density at radius 1 is 1.00 bits per heavy atom. The fourth-order valence-corrected chi connectivity index (χ4v) is 2.92. The first kappa shape index (κ1) is 17.0. The summed E-state index contributed by atoms with van der Waals surface area (Å²) in [6.45, 7) is 3.54. The standard InChI is InChI=1S/C16H17FN2O3S/c1-11(2)16(20)18-12-7-9-13(10-8-12)19-23(21,22)15-6-4-3-5-14(15)17/h3-11,19H,1-2H3,(H,18,20). The number of sulfonamides is 1. The number of rotatable bonds is 5. The number of carbonyl (C=O) groups excluding carboxylic acids is 1.